The van der Waals surface area contributed by atoms with Gasteiger partial charge in [-0.3, -0.25) is 19.2 Å². The Kier molecular flexibility index (Phi) is 14.6. The van der Waals surface area contributed by atoms with Gasteiger partial charge in [0.15, 0.2) is 0 Å². The van der Waals surface area contributed by atoms with E-state index in [4.69, 9.17) is 21.6 Å². The van der Waals surface area contributed by atoms with Crippen LogP contribution in [0.5, 0.6) is 0 Å². The number of terminal acetylenes is 1. The summed E-state index contributed by atoms with van der Waals surface area (Å²) in [6.07, 6.45) is 5.48. The summed E-state index contributed by atoms with van der Waals surface area (Å²) < 4.78 is 10.3. The van der Waals surface area contributed by atoms with E-state index in [1.807, 2.05) is 13.8 Å². The van der Waals surface area contributed by atoms with E-state index in [0.717, 1.165) is 6.42 Å². The number of primary amides is 1. The lowest BCUT2D eigenvalue weighted by molar-refractivity contribution is -0.146. The topological polar surface area (TPSA) is 157 Å². The Labute approximate surface area is 249 Å². The average molecular weight is 587 g/mol. The van der Waals surface area contributed by atoms with Gasteiger partial charge in [-0.2, -0.15) is 0 Å². The highest BCUT2D eigenvalue weighted by molar-refractivity contribution is 5.95. The van der Waals surface area contributed by atoms with Crippen LogP contribution in [0.25, 0.3) is 0 Å². The highest BCUT2D eigenvalue weighted by Gasteiger charge is 2.40. The summed E-state index contributed by atoms with van der Waals surface area (Å²) >= 11 is 0. The summed E-state index contributed by atoms with van der Waals surface area (Å²) in [6.45, 7) is 12.7. The average Bonchev–Trinajstić information content (AvgIpc) is 2.88. The number of carbonyl (C=O) groups excluding carboxylic acids is 5. The summed E-state index contributed by atoms with van der Waals surface area (Å²) in [6, 6.07) is 3.47. The summed E-state index contributed by atoms with van der Waals surface area (Å²) in [4.78, 5) is 66.1. The Hall–Kier alpha value is -4.07. The first-order valence-electron chi connectivity index (χ1n) is 14.2. The number of carbonyl (C=O) groups is 5. The third-order valence-corrected chi connectivity index (χ3v) is 6.16. The van der Waals surface area contributed by atoms with Crippen molar-refractivity contribution in [3.05, 3.63) is 35.4 Å². The molecule has 0 bridgehead atoms. The molecule has 11 nitrogen and oxygen atoms in total. The van der Waals surface area contributed by atoms with E-state index in [-0.39, 0.29) is 19.6 Å². The van der Waals surface area contributed by atoms with Crippen LogP contribution in [0.4, 0.5) is 4.79 Å². The molecular formula is C31H46N4O7. The minimum Gasteiger partial charge on any atom is -0.466 e. The molecule has 11 heteroatoms. The number of ether oxygens (including phenoxy) is 2. The highest BCUT2D eigenvalue weighted by atomic mass is 16.6. The van der Waals surface area contributed by atoms with Crippen molar-refractivity contribution in [2.75, 3.05) is 13.2 Å². The fourth-order valence-electron chi connectivity index (χ4n) is 4.25. The van der Waals surface area contributed by atoms with E-state index in [1.165, 1.54) is 4.90 Å². The predicted octanol–water partition coefficient (Wildman–Crippen LogP) is 3.20. The SMILES string of the molecule is C#Cc1ccccc1C(C(=O)NCCC(=O)OCC)N(C(=O)C(CC(N)=O)NC(=O)OC(C)(C)C)C(C)CCC(C)C. The summed E-state index contributed by atoms with van der Waals surface area (Å²) in [7, 11) is 0. The van der Waals surface area contributed by atoms with Gasteiger partial charge in [0.2, 0.25) is 17.7 Å². The van der Waals surface area contributed by atoms with Crippen molar-refractivity contribution in [2.24, 2.45) is 11.7 Å². The van der Waals surface area contributed by atoms with E-state index in [1.54, 1.807) is 58.9 Å². The Morgan fingerprint density at radius 2 is 1.71 bits per heavy atom. The molecule has 0 fully saturated rings. The molecule has 0 saturated heterocycles. The van der Waals surface area contributed by atoms with Crippen molar-refractivity contribution in [3.63, 3.8) is 0 Å². The van der Waals surface area contributed by atoms with Gasteiger partial charge in [-0.05, 0) is 65.0 Å². The van der Waals surface area contributed by atoms with Crippen LogP contribution in [0.3, 0.4) is 0 Å². The smallest absolute Gasteiger partial charge is 0.408 e. The molecule has 0 aliphatic heterocycles. The largest absolute Gasteiger partial charge is 0.466 e. The number of rotatable bonds is 15. The zero-order valence-electron chi connectivity index (χ0n) is 25.8. The zero-order chi connectivity index (χ0) is 32.0. The van der Waals surface area contributed by atoms with Crippen LogP contribution in [-0.4, -0.2) is 65.5 Å². The molecule has 4 N–H and O–H groups in total. The number of amides is 4. The molecule has 1 aromatic carbocycles. The van der Waals surface area contributed by atoms with Gasteiger partial charge in [-0.1, -0.05) is 38.0 Å². The molecule has 0 aromatic heterocycles. The van der Waals surface area contributed by atoms with E-state index in [2.05, 4.69) is 16.6 Å². The molecule has 0 aliphatic rings. The molecule has 1 aromatic rings. The first-order chi connectivity index (χ1) is 19.6. The number of hydrogen-bond acceptors (Lipinski definition) is 7. The molecular weight excluding hydrogens is 540 g/mol. The minimum atomic E-state index is -1.42. The molecule has 0 heterocycles. The monoisotopic (exact) mass is 586 g/mol. The summed E-state index contributed by atoms with van der Waals surface area (Å²) in [5, 5.41) is 5.19. The van der Waals surface area contributed by atoms with Crippen LogP contribution in [0.1, 0.15) is 91.3 Å². The van der Waals surface area contributed by atoms with Gasteiger partial charge >= 0.3 is 12.1 Å². The van der Waals surface area contributed by atoms with Crippen LogP contribution in [0.15, 0.2) is 24.3 Å². The van der Waals surface area contributed by atoms with Crippen LogP contribution >= 0.6 is 0 Å². The van der Waals surface area contributed by atoms with Crippen molar-refractivity contribution >= 4 is 29.8 Å². The van der Waals surface area contributed by atoms with Crippen LogP contribution in [0, 0.1) is 18.3 Å². The molecule has 0 saturated carbocycles. The molecule has 0 aliphatic carbocycles. The number of hydrogen-bond donors (Lipinski definition) is 3. The first-order valence-corrected chi connectivity index (χ1v) is 14.2. The maximum atomic E-state index is 14.3. The first kappa shape index (κ1) is 36.0. The maximum absolute atomic E-state index is 14.3. The molecule has 3 unspecified atom stereocenters. The molecule has 0 radical (unpaired) electrons. The van der Waals surface area contributed by atoms with Crippen molar-refractivity contribution in [1.29, 1.82) is 0 Å². The Morgan fingerprint density at radius 3 is 2.26 bits per heavy atom. The number of nitrogens with two attached hydrogens (primary N) is 1. The molecule has 232 valence electrons. The van der Waals surface area contributed by atoms with Gasteiger partial charge in [0.25, 0.3) is 0 Å². The molecule has 3 atom stereocenters. The molecule has 4 amide bonds. The van der Waals surface area contributed by atoms with Crippen molar-refractivity contribution in [1.82, 2.24) is 15.5 Å². The second-order valence-electron chi connectivity index (χ2n) is 11.4. The fourth-order valence-corrected chi connectivity index (χ4v) is 4.25. The van der Waals surface area contributed by atoms with E-state index < -0.39 is 59.9 Å². The van der Waals surface area contributed by atoms with Crippen molar-refractivity contribution < 1.29 is 33.4 Å². The van der Waals surface area contributed by atoms with Gasteiger partial charge < -0.3 is 30.7 Å². The van der Waals surface area contributed by atoms with Gasteiger partial charge in [-0.15, -0.1) is 6.42 Å². The lowest BCUT2D eigenvalue weighted by Gasteiger charge is -2.39. The Bertz CT molecular complexity index is 1140. The third kappa shape index (κ3) is 12.2. The standard InChI is InChI=1S/C31H46N4O7/c1-9-22-13-11-12-14-23(22)27(28(38)33-18-17-26(37)41-10-2)35(21(5)16-15-20(3)4)29(39)24(19-25(32)36)34-30(40)42-31(6,7)8/h1,11-14,20-21,24,27H,10,15-19H2,2-8H3,(H2,32,36)(H,33,38)(H,34,40). The number of nitrogens with zero attached hydrogens (tertiary/aromatic N) is 1. The third-order valence-electron chi connectivity index (χ3n) is 6.16. The van der Waals surface area contributed by atoms with Gasteiger partial charge in [0.05, 0.1) is 19.4 Å². The maximum Gasteiger partial charge on any atom is 0.408 e. The van der Waals surface area contributed by atoms with Crippen LogP contribution < -0.4 is 16.4 Å². The van der Waals surface area contributed by atoms with E-state index >= 15 is 0 Å². The molecule has 42 heavy (non-hydrogen) atoms. The molecule has 0 spiro atoms. The van der Waals surface area contributed by atoms with Gasteiger partial charge in [0, 0.05) is 18.2 Å². The predicted molar refractivity (Wildman–Crippen MR) is 159 cm³/mol. The Balaban J connectivity index is 3.67. The number of benzene rings is 1. The lowest BCUT2D eigenvalue weighted by Crippen LogP contribution is -2.56. The second kappa shape index (κ2) is 17.0. The van der Waals surface area contributed by atoms with Crippen molar-refractivity contribution in [2.45, 2.75) is 97.9 Å². The second-order valence-corrected chi connectivity index (χ2v) is 11.4. The normalized spacial score (nSPS) is 13.2. The fraction of sp³-hybridized carbons (Fsp3) is 0.581. The number of alkyl carbamates (subject to hydrolysis) is 1. The minimum absolute atomic E-state index is 0.0460. The highest BCUT2D eigenvalue weighted by Crippen LogP contribution is 2.30. The number of esters is 1. The molecule has 1 rings (SSSR count). The summed E-state index contributed by atoms with van der Waals surface area (Å²) in [5.74, 6) is 0.230. The van der Waals surface area contributed by atoms with E-state index in [9.17, 15) is 24.0 Å². The summed E-state index contributed by atoms with van der Waals surface area (Å²) in [5.41, 5.74) is 5.34. The van der Waals surface area contributed by atoms with Gasteiger partial charge in [-0.25, -0.2) is 4.79 Å². The lowest BCUT2D eigenvalue weighted by atomic mass is 9.94. The van der Waals surface area contributed by atoms with E-state index in [0.29, 0.717) is 23.5 Å². The van der Waals surface area contributed by atoms with Crippen LogP contribution in [0.2, 0.25) is 0 Å². The zero-order valence-corrected chi connectivity index (χ0v) is 25.8. The van der Waals surface area contributed by atoms with Gasteiger partial charge in [0.1, 0.15) is 17.7 Å². The van der Waals surface area contributed by atoms with Crippen molar-refractivity contribution in [3.8, 4) is 12.3 Å². The Morgan fingerprint density at radius 1 is 1.07 bits per heavy atom. The van der Waals surface area contributed by atoms with Crippen LogP contribution in [-0.2, 0) is 28.7 Å². The quantitative estimate of drug-likeness (QED) is 0.210. The number of nitrogens with one attached hydrogen (secondary N) is 2.